The Morgan fingerprint density at radius 1 is 1.58 bits per heavy atom. The topological polar surface area (TPSA) is 88.2 Å². The first-order valence-electron chi connectivity index (χ1n) is 6.39. The van der Waals surface area contributed by atoms with Gasteiger partial charge in [-0.05, 0) is 31.6 Å². The van der Waals surface area contributed by atoms with Crippen LogP contribution in [0.1, 0.15) is 36.0 Å². The Hall–Kier alpha value is -1.43. The molecule has 1 heterocycles. The number of nitrogens with one attached hydrogen (secondary N) is 1. The minimum Gasteiger partial charge on any atom is -0.478 e. The first-order valence-corrected chi connectivity index (χ1v) is 7.67. The molecule has 1 fully saturated rings. The number of carboxylic acids is 1. The average Bonchev–Trinajstić information content (AvgIpc) is 2.41. The predicted molar refractivity (Wildman–Crippen MR) is 78.8 cm³/mol. The van der Waals surface area contributed by atoms with Gasteiger partial charge in [0.25, 0.3) is 0 Å². The number of nitrogens with two attached hydrogens (primary N) is 1. The van der Waals surface area contributed by atoms with Crippen molar-refractivity contribution >= 4 is 29.2 Å². The van der Waals surface area contributed by atoms with Crippen molar-refractivity contribution in [1.82, 2.24) is 4.98 Å². The Balaban J connectivity index is 2.10. The molecular weight excluding hydrogens is 262 g/mol. The van der Waals surface area contributed by atoms with Crippen LogP contribution in [0.5, 0.6) is 0 Å². The van der Waals surface area contributed by atoms with Gasteiger partial charge in [0.2, 0.25) is 0 Å². The molecule has 0 bridgehead atoms. The molecule has 19 heavy (non-hydrogen) atoms. The van der Waals surface area contributed by atoms with Gasteiger partial charge in [0.1, 0.15) is 5.82 Å². The zero-order chi connectivity index (χ0) is 13.8. The van der Waals surface area contributed by atoms with Gasteiger partial charge in [0.05, 0.1) is 11.3 Å². The Labute approximate surface area is 117 Å². The lowest BCUT2D eigenvalue weighted by Crippen LogP contribution is -2.29. The van der Waals surface area contributed by atoms with Crippen LogP contribution in [-0.2, 0) is 0 Å². The van der Waals surface area contributed by atoms with E-state index in [1.54, 1.807) is 0 Å². The summed E-state index contributed by atoms with van der Waals surface area (Å²) in [5.74, 6) is -0.528. The number of aromatic carboxylic acids is 1. The molecule has 2 unspecified atom stereocenters. The van der Waals surface area contributed by atoms with Crippen molar-refractivity contribution < 1.29 is 9.90 Å². The minimum atomic E-state index is -1.02. The summed E-state index contributed by atoms with van der Waals surface area (Å²) in [6, 6.07) is 1.75. The van der Waals surface area contributed by atoms with Crippen molar-refractivity contribution in [2.24, 2.45) is 0 Å². The summed E-state index contributed by atoms with van der Waals surface area (Å²) in [5, 5.41) is 13.0. The highest BCUT2D eigenvalue weighted by Gasteiger charge is 2.22. The summed E-state index contributed by atoms with van der Waals surface area (Å²) in [7, 11) is 0. The Kier molecular flexibility index (Phi) is 4.52. The zero-order valence-electron chi connectivity index (χ0n) is 10.9. The first-order chi connectivity index (χ1) is 9.11. The van der Waals surface area contributed by atoms with Crippen molar-refractivity contribution in [2.75, 3.05) is 17.3 Å². The fourth-order valence-corrected chi connectivity index (χ4v) is 3.29. The van der Waals surface area contributed by atoms with E-state index < -0.39 is 5.97 Å². The molecule has 1 aromatic rings. The van der Waals surface area contributed by atoms with Crippen LogP contribution in [0, 0.1) is 0 Å². The number of carboxylic acid groups (broad SMARTS) is 1. The summed E-state index contributed by atoms with van der Waals surface area (Å²) in [6.45, 7) is 0. The van der Waals surface area contributed by atoms with E-state index in [-0.39, 0.29) is 11.3 Å². The fraction of sp³-hybridized carbons (Fsp3) is 0.538. The smallest absolute Gasteiger partial charge is 0.337 e. The summed E-state index contributed by atoms with van der Waals surface area (Å²) < 4.78 is 0. The van der Waals surface area contributed by atoms with Crippen molar-refractivity contribution in [3.63, 3.8) is 0 Å². The van der Waals surface area contributed by atoms with Gasteiger partial charge in [-0.25, -0.2) is 9.78 Å². The van der Waals surface area contributed by atoms with Crippen molar-refractivity contribution in [1.29, 1.82) is 0 Å². The van der Waals surface area contributed by atoms with E-state index in [0.717, 1.165) is 12.8 Å². The number of pyridine rings is 1. The van der Waals surface area contributed by atoms with Crippen LogP contribution < -0.4 is 11.1 Å². The third kappa shape index (κ3) is 3.32. The second-order valence-corrected chi connectivity index (χ2v) is 5.93. The largest absolute Gasteiger partial charge is 0.478 e. The number of nitrogens with zero attached hydrogens (tertiary/aromatic N) is 1. The van der Waals surface area contributed by atoms with Crippen LogP contribution in [0.15, 0.2) is 12.3 Å². The molecule has 6 heteroatoms. The fourth-order valence-electron chi connectivity index (χ4n) is 2.46. The number of nitrogen functional groups attached to an aromatic ring is 1. The minimum absolute atomic E-state index is 0.106. The monoisotopic (exact) mass is 281 g/mol. The second kappa shape index (κ2) is 6.14. The number of aromatic nitrogens is 1. The standard InChI is InChI=1S/C13H19N3O2S/c1-19-9-4-2-3-8(7-9)16-12-11(14)10(13(17)18)5-6-15-12/h5-6,8-9H,2-4,7,14H2,1H3,(H,15,16)(H,17,18). The molecule has 0 radical (unpaired) electrons. The van der Waals surface area contributed by atoms with Gasteiger partial charge in [-0.1, -0.05) is 6.42 Å². The average molecular weight is 281 g/mol. The van der Waals surface area contributed by atoms with E-state index in [1.807, 2.05) is 11.8 Å². The number of rotatable bonds is 4. The van der Waals surface area contributed by atoms with E-state index in [1.165, 1.54) is 25.1 Å². The molecule has 104 valence electrons. The Morgan fingerprint density at radius 3 is 3.05 bits per heavy atom. The molecule has 4 N–H and O–H groups in total. The lowest BCUT2D eigenvalue weighted by atomic mass is 9.95. The SMILES string of the molecule is CSC1CCCC(Nc2nccc(C(=O)O)c2N)C1. The van der Waals surface area contributed by atoms with Crippen LogP contribution in [-0.4, -0.2) is 33.6 Å². The molecule has 1 saturated carbocycles. The third-order valence-corrected chi connectivity index (χ3v) is 4.62. The van der Waals surface area contributed by atoms with Crippen LogP contribution in [0.25, 0.3) is 0 Å². The molecule has 1 aliphatic carbocycles. The number of hydrogen-bond acceptors (Lipinski definition) is 5. The van der Waals surface area contributed by atoms with Crippen molar-refractivity contribution in [3.05, 3.63) is 17.8 Å². The third-order valence-electron chi connectivity index (χ3n) is 3.52. The van der Waals surface area contributed by atoms with Gasteiger partial charge in [0.15, 0.2) is 0 Å². The van der Waals surface area contributed by atoms with Gasteiger partial charge in [0, 0.05) is 17.5 Å². The Bertz CT molecular complexity index is 467. The molecule has 0 saturated heterocycles. The number of anilines is 2. The van der Waals surface area contributed by atoms with Crippen LogP contribution in [0.3, 0.4) is 0 Å². The molecule has 1 aromatic heterocycles. The highest BCUT2D eigenvalue weighted by atomic mass is 32.2. The van der Waals surface area contributed by atoms with Crippen LogP contribution in [0.2, 0.25) is 0 Å². The first kappa shape index (κ1) is 14.0. The highest BCUT2D eigenvalue weighted by molar-refractivity contribution is 7.99. The van der Waals surface area contributed by atoms with Crippen LogP contribution in [0.4, 0.5) is 11.5 Å². The van der Waals surface area contributed by atoms with E-state index in [2.05, 4.69) is 16.6 Å². The molecule has 0 spiro atoms. The maximum atomic E-state index is 11.0. The zero-order valence-corrected chi connectivity index (χ0v) is 11.7. The lowest BCUT2D eigenvalue weighted by Gasteiger charge is -2.29. The summed E-state index contributed by atoms with van der Waals surface area (Å²) in [6.07, 6.45) is 8.19. The maximum Gasteiger partial charge on any atom is 0.337 e. The van der Waals surface area contributed by atoms with Gasteiger partial charge in [-0.3, -0.25) is 0 Å². The van der Waals surface area contributed by atoms with E-state index in [4.69, 9.17) is 10.8 Å². The summed E-state index contributed by atoms with van der Waals surface area (Å²) in [4.78, 5) is 15.2. The molecule has 0 amide bonds. The number of thioether (sulfide) groups is 1. The molecule has 0 aromatic carbocycles. The molecule has 2 atom stereocenters. The van der Waals surface area contributed by atoms with Crippen molar-refractivity contribution in [3.8, 4) is 0 Å². The molecule has 1 aliphatic rings. The van der Waals surface area contributed by atoms with E-state index >= 15 is 0 Å². The molecular formula is C13H19N3O2S. The summed E-state index contributed by atoms with van der Waals surface area (Å²) in [5.41, 5.74) is 6.19. The molecule has 0 aliphatic heterocycles. The Morgan fingerprint density at radius 2 is 2.37 bits per heavy atom. The second-order valence-electron chi connectivity index (χ2n) is 4.79. The van der Waals surface area contributed by atoms with Gasteiger partial charge in [-0.2, -0.15) is 11.8 Å². The van der Waals surface area contributed by atoms with E-state index in [9.17, 15) is 4.79 Å². The van der Waals surface area contributed by atoms with Crippen LogP contribution >= 0.6 is 11.8 Å². The van der Waals surface area contributed by atoms with Gasteiger partial charge >= 0.3 is 5.97 Å². The summed E-state index contributed by atoms with van der Waals surface area (Å²) >= 11 is 1.89. The maximum absolute atomic E-state index is 11.0. The predicted octanol–water partition coefficient (Wildman–Crippen LogP) is 2.45. The molecule has 5 nitrogen and oxygen atoms in total. The van der Waals surface area contributed by atoms with E-state index in [0.29, 0.717) is 17.1 Å². The number of carbonyl (C=O) groups is 1. The molecule has 2 rings (SSSR count). The van der Waals surface area contributed by atoms with Crippen molar-refractivity contribution in [2.45, 2.75) is 37.0 Å². The van der Waals surface area contributed by atoms with Gasteiger partial charge in [-0.15, -0.1) is 0 Å². The normalized spacial score (nSPS) is 23.0. The highest BCUT2D eigenvalue weighted by Crippen LogP contribution is 2.30. The quantitative estimate of drug-likeness (QED) is 0.785. The van der Waals surface area contributed by atoms with Gasteiger partial charge < -0.3 is 16.2 Å². The number of hydrogen-bond donors (Lipinski definition) is 3. The lowest BCUT2D eigenvalue weighted by molar-refractivity contribution is 0.0698.